The Bertz CT molecular complexity index is 712. The standard InChI is InChI=1S/C21H28F2N2O2/c1-15(2)25-14-20(27-21(6-7-21)19(25)26)8-10-24(11-9-20)18(23)13-16-4-3-5-17(22)12-16/h3-5,12,15,18H,6-11,13-14H2,1-2H3. The van der Waals surface area contributed by atoms with Gasteiger partial charge in [-0.3, -0.25) is 9.69 Å². The molecule has 148 valence electrons. The Labute approximate surface area is 159 Å². The molecule has 0 bridgehead atoms. The molecule has 3 aliphatic rings. The van der Waals surface area contributed by atoms with Crippen LogP contribution in [-0.4, -0.2) is 58.9 Å². The van der Waals surface area contributed by atoms with Gasteiger partial charge in [0.2, 0.25) is 0 Å². The van der Waals surface area contributed by atoms with Gasteiger partial charge in [-0.2, -0.15) is 0 Å². The van der Waals surface area contributed by atoms with Gasteiger partial charge in [0.05, 0.1) is 12.1 Å². The number of rotatable bonds is 4. The van der Waals surface area contributed by atoms with Gasteiger partial charge in [0.25, 0.3) is 5.91 Å². The minimum Gasteiger partial charge on any atom is -0.357 e. The molecular formula is C21H28F2N2O2. The number of benzene rings is 1. The number of hydrogen-bond acceptors (Lipinski definition) is 3. The molecule has 0 radical (unpaired) electrons. The van der Waals surface area contributed by atoms with Gasteiger partial charge in [0.15, 0.2) is 6.30 Å². The number of likely N-dealkylation sites (tertiary alicyclic amines) is 1. The Balaban J connectivity index is 1.40. The first-order valence-electron chi connectivity index (χ1n) is 9.96. The van der Waals surface area contributed by atoms with Crippen molar-refractivity contribution < 1.29 is 18.3 Å². The van der Waals surface area contributed by atoms with Crippen molar-refractivity contribution in [3.63, 3.8) is 0 Å². The Kier molecular flexibility index (Phi) is 4.75. The Morgan fingerprint density at radius 1 is 1.19 bits per heavy atom. The number of amides is 1. The van der Waals surface area contributed by atoms with Gasteiger partial charge in [-0.15, -0.1) is 0 Å². The summed E-state index contributed by atoms with van der Waals surface area (Å²) in [5.74, 6) is -0.207. The van der Waals surface area contributed by atoms with Crippen LogP contribution >= 0.6 is 0 Å². The van der Waals surface area contributed by atoms with Crippen LogP contribution in [0.15, 0.2) is 24.3 Å². The van der Waals surface area contributed by atoms with Crippen LogP contribution in [0, 0.1) is 5.82 Å². The van der Waals surface area contributed by atoms with Gasteiger partial charge in [-0.25, -0.2) is 8.78 Å². The summed E-state index contributed by atoms with van der Waals surface area (Å²) in [7, 11) is 0. The van der Waals surface area contributed by atoms with E-state index in [0.29, 0.717) is 25.2 Å². The van der Waals surface area contributed by atoms with Crippen molar-refractivity contribution in [2.75, 3.05) is 19.6 Å². The molecule has 3 fully saturated rings. The Hall–Kier alpha value is -1.53. The van der Waals surface area contributed by atoms with Gasteiger partial charge >= 0.3 is 0 Å². The van der Waals surface area contributed by atoms with Crippen molar-refractivity contribution >= 4 is 5.91 Å². The quantitative estimate of drug-likeness (QED) is 0.754. The van der Waals surface area contributed by atoms with E-state index in [2.05, 4.69) is 0 Å². The molecule has 2 aliphatic heterocycles. The van der Waals surface area contributed by atoms with E-state index < -0.39 is 11.9 Å². The zero-order valence-corrected chi connectivity index (χ0v) is 16.1. The highest BCUT2D eigenvalue weighted by molar-refractivity contribution is 5.89. The number of carbonyl (C=O) groups excluding carboxylic acids is 1. The van der Waals surface area contributed by atoms with E-state index in [1.807, 2.05) is 23.6 Å². The smallest absolute Gasteiger partial charge is 0.255 e. The minimum absolute atomic E-state index is 0.125. The van der Waals surface area contributed by atoms with Crippen LogP contribution < -0.4 is 0 Å². The summed E-state index contributed by atoms with van der Waals surface area (Å²) in [5.41, 5.74) is -0.296. The predicted octanol–water partition coefficient (Wildman–Crippen LogP) is 3.30. The summed E-state index contributed by atoms with van der Waals surface area (Å²) >= 11 is 0. The third kappa shape index (κ3) is 3.61. The van der Waals surface area contributed by atoms with Crippen molar-refractivity contribution in [2.24, 2.45) is 0 Å². The number of hydrogen-bond donors (Lipinski definition) is 0. The molecular weight excluding hydrogens is 350 g/mol. The van der Waals surface area contributed by atoms with Gasteiger partial charge < -0.3 is 9.64 Å². The number of alkyl halides is 1. The lowest BCUT2D eigenvalue weighted by atomic mass is 9.87. The fourth-order valence-electron chi connectivity index (χ4n) is 4.44. The lowest BCUT2D eigenvalue weighted by Gasteiger charge is -2.51. The summed E-state index contributed by atoms with van der Waals surface area (Å²) in [6.07, 6.45) is 2.08. The number of morpholine rings is 1. The van der Waals surface area contributed by atoms with Gasteiger partial charge in [-0.1, -0.05) is 12.1 Å². The van der Waals surface area contributed by atoms with E-state index in [-0.39, 0.29) is 29.8 Å². The molecule has 1 aliphatic carbocycles. The largest absolute Gasteiger partial charge is 0.357 e. The van der Waals surface area contributed by atoms with Crippen molar-refractivity contribution in [1.82, 2.24) is 9.80 Å². The Morgan fingerprint density at radius 3 is 2.48 bits per heavy atom. The minimum atomic E-state index is -1.13. The highest BCUT2D eigenvalue weighted by Crippen LogP contribution is 2.50. The zero-order valence-electron chi connectivity index (χ0n) is 16.1. The van der Waals surface area contributed by atoms with E-state index in [0.717, 1.165) is 25.7 Å². The van der Waals surface area contributed by atoms with E-state index in [1.54, 1.807) is 12.1 Å². The van der Waals surface area contributed by atoms with Gasteiger partial charge in [0, 0.05) is 25.6 Å². The summed E-state index contributed by atoms with van der Waals surface area (Å²) in [6, 6.07) is 6.29. The second-order valence-corrected chi connectivity index (χ2v) is 8.61. The van der Waals surface area contributed by atoms with E-state index in [9.17, 15) is 13.6 Å². The third-order valence-electron chi connectivity index (χ3n) is 6.25. The second-order valence-electron chi connectivity index (χ2n) is 8.61. The van der Waals surface area contributed by atoms with E-state index in [1.165, 1.54) is 12.1 Å². The first-order chi connectivity index (χ1) is 12.8. The second kappa shape index (κ2) is 6.82. The molecule has 1 atom stereocenters. The van der Waals surface area contributed by atoms with Crippen LogP contribution in [0.5, 0.6) is 0 Å². The molecule has 27 heavy (non-hydrogen) atoms. The van der Waals surface area contributed by atoms with Gasteiger partial charge in [-0.05, 0) is 57.2 Å². The summed E-state index contributed by atoms with van der Waals surface area (Å²) in [4.78, 5) is 16.4. The van der Waals surface area contributed by atoms with Crippen molar-refractivity contribution in [3.05, 3.63) is 35.6 Å². The number of ether oxygens (including phenoxy) is 1. The maximum Gasteiger partial charge on any atom is 0.255 e. The molecule has 1 saturated carbocycles. The van der Waals surface area contributed by atoms with Crippen molar-refractivity contribution in [3.8, 4) is 0 Å². The van der Waals surface area contributed by atoms with Crippen LogP contribution in [-0.2, 0) is 16.0 Å². The number of piperidine rings is 1. The fourth-order valence-corrected chi connectivity index (χ4v) is 4.44. The summed E-state index contributed by atoms with van der Waals surface area (Å²) in [6.45, 7) is 5.86. The lowest BCUT2D eigenvalue weighted by Crippen LogP contribution is -2.64. The zero-order chi connectivity index (χ0) is 19.2. The number of carbonyl (C=O) groups is 1. The van der Waals surface area contributed by atoms with Crippen LogP contribution in [0.3, 0.4) is 0 Å². The summed E-state index contributed by atoms with van der Waals surface area (Å²) < 4.78 is 34.5. The number of nitrogens with zero attached hydrogens (tertiary/aromatic N) is 2. The molecule has 2 saturated heterocycles. The van der Waals surface area contributed by atoms with Crippen LogP contribution in [0.25, 0.3) is 0 Å². The normalized spacial score (nSPS) is 25.4. The van der Waals surface area contributed by atoms with Crippen molar-refractivity contribution in [2.45, 2.75) is 69.5 Å². The molecule has 4 rings (SSSR count). The molecule has 0 N–H and O–H groups in total. The average molecular weight is 378 g/mol. The first kappa shape index (κ1) is 18.8. The maximum atomic E-state index is 14.8. The van der Waals surface area contributed by atoms with Crippen LogP contribution in [0.1, 0.15) is 45.1 Å². The summed E-state index contributed by atoms with van der Waals surface area (Å²) in [5, 5.41) is 0. The molecule has 1 aromatic carbocycles. The molecule has 0 aromatic heterocycles. The molecule has 1 aromatic rings. The van der Waals surface area contributed by atoms with Crippen LogP contribution in [0.4, 0.5) is 8.78 Å². The van der Waals surface area contributed by atoms with Crippen LogP contribution in [0.2, 0.25) is 0 Å². The SMILES string of the molecule is CC(C)N1CC2(CCN(C(F)Cc3cccc(F)c3)CC2)OC2(CC2)C1=O. The monoisotopic (exact) mass is 378 g/mol. The highest BCUT2D eigenvalue weighted by Gasteiger charge is 2.62. The maximum absolute atomic E-state index is 14.8. The Morgan fingerprint density at radius 2 is 1.89 bits per heavy atom. The average Bonchev–Trinajstić information content (AvgIpc) is 3.39. The van der Waals surface area contributed by atoms with E-state index >= 15 is 0 Å². The lowest BCUT2D eigenvalue weighted by molar-refractivity contribution is -0.206. The topological polar surface area (TPSA) is 32.8 Å². The highest BCUT2D eigenvalue weighted by atomic mass is 19.1. The predicted molar refractivity (Wildman–Crippen MR) is 98.4 cm³/mol. The molecule has 2 heterocycles. The number of halogens is 2. The molecule has 1 unspecified atom stereocenters. The first-order valence-corrected chi connectivity index (χ1v) is 9.96. The van der Waals surface area contributed by atoms with E-state index in [4.69, 9.17) is 4.74 Å². The molecule has 1 amide bonds. The fraction of sp³-hybridized carbons (Fsp3) is 0.667. The molecule has 6 heteroatoms. The third-order valence-corrected chi connectivity index (χ3v) is 6.25. The van der Waals surface area contributed by atoms with Gasteiger partial charge in [0.1, 0.15) is 11.4 Å². The molecule has 4 nitrogen and oxygen atoms in total. The molecule has 2 spiro atoms. The van der Waals surface area contributed by atoms with Crippen molar-refractivity contribution in [1.29, 1.82) is 0 Å².